The van der Waals surface area contributed by atoms with Crippen LogP contribution in [0.3, 0.4) is 0 Å². The first kappa shape index (κ1) is 6.64. The molecule has 1 aliphatic carbocycles. The summed E-state index contributed by atoms with van der Waals surface area (Å²) in [7, 11) is 0. The average molecular weight is 153 g/mol. The largest absolute Gasteiger partial charge is 0.408 e. The molecule has 1 aliphatic rings. The van der Waals surface area contributed by atoms with Crippen LogP contribution < -0.4 is 5.32 Å². The van der Waals surface area contributed by atoms with Crippen LogP contribution in [0.25, 0.3) is 0 Å². The van der Waals surface area contributed by atoms with Crippen LogP contribution >= 0.6 is 0 Å². The van der Waals surface area contributed by atoms with Gasteiger partial charge in [0.2, 0.25) is 5.89 Å². The summed E-state index contributed by atoms with van der Waals surface area (Å²) >= 11 is 0. The summed E-state index contributed by atoms with van der Waals surface area (Å²) in [6.45, 7) is 1.79. The Labute approximate surface area is 65.0 Å². The van der Waals surface area contributed by atoms with Gasteiger partial charge in [-0.1, -0.05) is 5.10 Å². The lowest BCUT2D eigenvalue weighted by molar-refractivity contribution is 0.426. The Kier molecular flexibility index (Phi) is 1.52. The van der Waals surface area contributed by atoms with E-state index in [0.717, 1.165) is 0 Å². The zero-order valence-corrected chi connectivity index (χ0v) is 6.50. The van der Waals surface area contributed by atoms with Crippen molar-refractivity contribution in [1.29, 1.82) is 0 Å². The third-order valence-electron chi connectivity index (χ3n) is 1.96. The van der Waals surface area contributed by atoms with Gasteiger partial charge in [-0.15, -0.1) is 5.10 Å². The number of aryl methyl sites for hydroxylation is 1. The third-order valence-corrected chi connectivity index (χ3v) is 1.96. The van der Waals surface area contributed by atoms with E-state index in [-0.39, 0.29) is 0 Å². The molecule has 1 N–H and O–H groups in total. The fraction of sp³-hybridized carbons (Fsp3) is 0.714. The number of hydrogen-bond acceptors (Lipinski definition) is 4. The molecule has 1 aromatic heterocycles. The first-order valence-electron chi connectivity index (χ1n) is 3.91. The molecule has 2 rings (SSSR count). The van der Waals surface area contributed by atoms with Crippen LogP contribution in [0.4, 0.5) is 6.01 Å². The highest BCUT2D eigenvalue weighted by molar-refractivity contribution is 5.20. The molecule has 4 heteroatoms. The van der Waals surface area contributed by atoms with Crippen molar-refractivity contribution in [2.45, 2.75) is 32.2 Å². The van der Waals surface area contributed by atoms with E-state index >= 15 is 0 Å². The number of nitrogens with zero attached hydrogens (tertiary/aromatic N) is 2. The Balaban J connectivity index is 1.95. The molecule has 0 saturated heterocycles. The van der Waals surface area contributed by atoms with E-state index in [1.807, 2.05) is 0 Å². The van der Waals surface area contributed by atoms with Gasteiger partial charge in [-0.3, -0.25) is 0 Å². The molecule has 11 heavy (non-hydrogen) atoms. The van der Waals surface area contributed by atoms with Crippen LogP contribution in [-0.2, 0) is 0 Å². The normalized spacial score (nSPS) is 17.9. The maximum atomic E-state index is 5.16. The lowest BCUT2D eigenvalue weighted by atomic mass is 9.93. The van der Waals surface area contributed by atoms with Crippen LogP contribution in [0.1, 0.15) is 25.2 Å². The summed E-state index contributed by atoms with van der Waals surface area (Å²) in [6, 6.07) is 1.13. The lowest BCUT2D eigenvalue weighted by Gasteiger charge is -2.24. The van der Waals surface area contributed by atoms with E-state index in [0.29, 0.717) is 17.9 Å². The standard InChI is InChI=1S/C7H11N3O/c1-5-9-10-7(11-5)8-6-3-2-4-6/h6H,2-4H2,1H3,(H,8,10). The van der Waals surface area contributed by atoms with Gasteiger partial charge in [0.25, 0.3) is 0 Å². The van der Waals surface area contributed by atoms with Gasteiger partial charge in [-0.05, 0) is 19.3 Å². The molecule has 0 spiro atoms. The number of aromatic nitrogens is 2. The van der Waals surface area contributed by atoms with Crippen molar-refractivity contribution in [2.24, 2.45) is 0 Å². The third kappa shape index (κ3) is 1.34. The van der Waals surface area contributed by atoms with E-state index in [1.54, 1.807) is 6.92 Å². The van der Waals surface area contributed by atoms with Gasteiger partial charge < -0.3 is 9.73 Å². The van der Waals surface area contributed by atoms with Crippen molar-refractivity contribution in [3.8, 4) is 0 Å². The molecule has 1 heterocycles. The highest BCUT2D eigenvalue weighted by atomic mass is 16.4. The SMILES string of the molecule is Cc1nnc(NC2CCC2)o1. The minimum Gasteiger partial charge on any atom is -0.408 e. The molecule has 0 aliphatic heterocycles. The van der Waals surface area contributed by atoms with Crippen molar-refractivity contribution in [1.82, 2.24) is 10.2 Å². The molecule has 1 aromatic rings. The second kappa shape index (κ2) is 2.53. The first-order valence-corrected chi connectivity index (χ1v) is 3.91. The van der Waals surface area contributed by atoms with Crippen molar-refractivity contribution >= 4 is 6.01 Å². The Hall–Kier alpha value is -1.06. The second-order valence-electron chi connectivity index (χ2n) is 2.90. The quantitative estimate of drug-likeness (QED) is 0.696. The topological polar surface area (TPSA) is 51.0 Å². The Morgan fingerprint density at radius 2 is 2.27 bits per heavy atom. The van der Waals surface area contributed by atoms with Gasteiger partial charge in [-0.2, -0.15) is 0 Å². The molecular formula is C7H11N3O. The van der Waals surface area contributed by atoms with Crippen LogP contribution in [0.2, 0.25) is 0 Å². The predicted molar refractivity (Wildman–Crippen MR) is 40.3 cm³/mol. The fourth-order valence-corrected chi connectivity index (χ4v) is 1.08. The van der Waals surface area contributed by atoms with Gasteiger partial charge in [0.05, 0.1) is 0 Å². The monoisotopic (exact) mass is 153 g/mol. The van der Waals surface area contributed by atoms with Gasteiger partial charge in [-0.25, -0.2) is 0 Å². The number of anilines is 1. The Bertz CT molecular complexity index is 242. The van der Waals surface area contributed by atoms with Crippen molar-refractivity contribution in [3.05, 3.63) is 5.89 Å². The van der Waals surface area contributed by atoms with Crippen molar-refractivity contribution in [2.75, 3.05) is 5.32 Å². The zero-order valence-electron chi connectivity index (χ0n) is 6.50. The molecule has 0 atom stereocenters. The summed E-state index contributed by atoms with van der Waals surface area (Å²) in [5.74, 6) is 0.617. The van der Waals surface area contributed by atoms with Gasteiger partial charge in [0, 0.05) is 13.0 Å². The molecule has 0 radical (unpaired) electrons. The molecule has 1 saturated carbocycles. The molecule has 0 unspecified atom stereocenters. The van der Waals surface area contributed by atoms with Crippen LogP contribution in [0.15, 0.2) is 4.42 Å². The van der Waals surface area contributed by atoms with Crippen LogP contribution in [0.5, 0.6) is 0 Å². The maximum absolute atomic E-state index is 5.16. The van der Waals surface area contributed by atoms with Gasteiger partial charge in [0.15, 0.2) is 0 Å². The fourth-order valence-electron chi connectivity index (χ4n) is 1.08. The zero-order chi connectivity index (χ0) is 7.68. The minimum atomic E-state index is 0.562. The van der Waals surface area contributed by atoms with Gasteiger partial charge >= 0.3 is 6.01 Å². The average Bonchev–Trinajstić information content (AvgIpc) is 2.27. The maximum Gasteiger partial charge on any atom is 0.315 e. The summed E-state index contributed by atoms with van der Waals surface area (Å²) in [5.41, 5.74) is 0. The van der Waals surface area contributed by atoms with Crippen LogP contribution in [0, 0.1) is 6.92 Å². The predicted octanol–water partition coefficient (Wildman–Crippen LogP) is 1.34. The van der Waals surface area contributed by atoms with Crippen molar-refractivity contribution in [3.63, 3.8) is 0 Å². The van der Waals surface area contributed by atoms with Crippen molar-refractivity contribution < 1.29 is 4.42 Å². The number of hydrogen-bond donors (Lipinski definition) is 1. The highest BCUT2D eigenvalue weighted by Gasteiger charge is 2.18. The minimum absolute atomic E-state index is 0.562. The smallest absolute Gasteiger partial charge is 0.315 e. The molecule has 0 bridgehead atoms. The Morgan fingerprint density at radius 1 is 1.45 bits per heavy atom. The molecule has 1 fully saturated rings. The van der Waals surface area contributed by atoms with E-state index in [1.165, 1.54) is 19.3 Å². The molecule has 0 aromatic carbocycles. The van der Waals surface area contributed by atoms with Gasteiger partial charge in [0.1, 0.15) is 0 Å². The summed E-state index contributed by atoms with van der Waals surface area (Å²) in [5, 5.41) is 10.7. The summed E-state index contributed by atoms with van der Waals surface area (Å²) in [4.78, 5) is 0. The number of nitrogens with one attached hydrogen (secondary N) is 1. The van der Waals surface area contributed by atoms with E-state index < -0.39 is 0 Å². The first-order chi connectivity index (χ1) is 5.34. The second-order valence-corrected chi connectivity index (χ2v) is 2.90. The van der Waals surface area contributed by atoms with E-state index in [9.17, 15) is 0 Å². The molecule has 0 amide bonds. The lowest BCUT2D eigenvalue weighted by Crippen LogP contribution is -2.27. The Morgan fingerprint density at radius 3 is 2.73 bits per heavy atom. The summed E-state index contributed by atoms with van der Waals surface area (Å²) < 4.78 is 5.16. The van der Waals surface area contributed by atoms with Crippen LogP contribution in [-0.4, -0.2) is 16.2 Å². The van der Waals surface area contributed by atoms with E-state index in [4.69, 9.17) is 4.42 Å². The molecular weight excluding hydrogens is 142 g/mol. The highest BCUT2D eigenvalue weighted by Crippen LogP contribution is 2.22. The summed E-state index contributed by atoms with van der Waals surface area (Å²) in [6.07, 6.45) is 3.76. The number of rotatable bonds is 2. The van der Waals surface area contributed by atoms with E-state index in [2.05, 4.69) is 15.5 Å². The molecule has 4 nitrogen and oxygen atoms in total. The molecule has 60 valence electrons.